The molecule has 0 saturated heterocycles. The van der Waals surface area contributed by atoms with Crippen LogP contribution in [0.5, 0.6) is 0 Å². The molecule has 0 spiro atoms. The number of primary amides is 1. The number of amides is 6. The lowest BCUT2D eigenvalue weighted by atomic mass is 9.99. The van der Waals surface area contributed by atoms with Crippen LogP contribution >= 0.6 is 0 Å². The normalized spacial score (nSPS) is 13.5. The van der Waals surface area contributed by atoms with E-state index in [1.165, 1.54) is 33.3 Å². The summed E-state index contributed by atoms with van der Waals surface area (Å²) in [6, 6.07) is 17.8. The summed E-state index contributed by atoms with van der Waals surface area (Å²) >= 11 is 0. The molecule has 4 rings (SSSR count). The van der Waals surface area contributed by atoms with E-state index in [0.29, 0.717) is 25.1 Å². The SMILES string of the molecule is CC(=O)NC(C)(C)C(=O)N[C@@H](Cc1cnc[nH]1)C(=O)N[C@H](Cc1ccc2ccccc2c1)C(=O)N[C@H](Cc1ccccc1)C(=O)N[C@@H](CCCCN)C(N)=O. The first kappa shape index (κ1) is 41.7. The summed E-state index contributed by atoms with van der Waals surface area (Å²) < 4.78 is 0. The van der Waals surface area contributed by atoms with Gasteiger partial charge < -0.3 is 43.0 Å². The summed E-state index contributed by atoms with van der Waals surface area (Å²) in [5.74, 6) is -3.79. The average molecular weight is 754 g/mol. The maximum absolute atomic E-state index is 14.4. The summed E-state index contributed by atoms with van der Waals surface area (Å²) in [6.07, 6.45) is 4.47. The molecule has 1 heterocycles. The highest BCUT2D eigenvalue weighted by molar-refractivity contribution is 5.97. The smallest absolute Gasteiger partial charge is 0.245 e. The van der Waals surface area contributed by atoms with Crippen molar-refractivity contribution in [2.45, 2.75) is 89.0 Å². The molecule has 0 unspecified atom stereocenters. The van der Waals surface area contributed by atoms with Crippen LogP contribution in [0.1, 0.15) is 56.9 Å². The molecule has 55 heavy (non-hydrogen) atoms. The molecule has 10 N–H and O–H groups in total. The van der Waals surface area contributed by atoms with Crippen LogP contribution in [0.4, 0.5) is 0 Å². The lowest BCUT2D eigenvalue weighted by molar-refractivity contribution is -0.136. The molecule has 15 heteroatoms. The quantitative estimate of drug-likeness (QED) is 0.0606. The number of imidazole rings is 1. The number of hydrogen-bond acceptors (Lipinski definition) is 8. The highest BCUT2D eigenvalue weighted by atomic mass is 16.2. The van der Waals surface area contributed by atoms with Gasteiger partial charge in [0, 0.05) is 38.1 Å². The lowest BCUT2D eigenvalue weighted by Crippen LogP contribution is -2.61. The minimum atomic E-state index is -1.37. The molecule has 0 aliphatic rings. The number of unbranched alkanes of at least 4 members (excludes halogenated alkanes) is 1. The third kappa shape index (κ3) is 12.8. The second kappa shape index (κ2) is 19.8. The number of nitrogens with one attached hydrogen (secondary N) is 6. The lowest BCUT2D eigenvalue weighted by Gasteiger charge is -2.29. The number of H-pyrrole nitrogens is 1. The van der Waals surface area contributed by atoms with Crippen molar-refractivity contribution in [2.24, 2.45) is 11.5 Å². The predicted molar refractivity (Wildman–Crippen MR) is 208 cm³/mol. The van der Waals surface area contributed by atoms with Gasteiger partial charge in [-0.2, -0.15) is 0 Å². The molecule has 4 atom stereocenters. The van der Waals surface area contributed by atoms with Gasteiger partial charge in [-0.15, -0.1) is 0 Å². The molecule has 0 aliphatic heterocycles. The van der Waals surface area contributed by atoms with Crippen LogP contribution in [-0.4, -0.2) is 81.7 Å². The van der Waals surface area contributed by atoms with Crippen LogP contribution in [-0.2, 0) is 48.0 Å². The van der Waals surface area contributed by atoms with E-state index in [2.05, 4.69) is 36.6 Å². The Morgan fingerprint density at radius 1 is 0.709 bits per heavy atom. The third-order valence-electron chi connectivity index (χ3n) is 9.07. The van der Waals surface area contributed by atoms with E-state index >= 15 is 0 Å². The number of hydrogen-bond donors (Lipinski definition) is 8. The summed E-state index contributed by atoms with van der Waals surface area (Å²) in [4.78, 5) is 86.8. The maximum atomic E-state index is 14.4. The zero-order valence-corrected chi connectivity index (χ0v) is 31.4. The highest BCUT2D eigenvalue weighted by Gasteiger charge is 2.35. The monoisotopic (exact) mass is 753 g/mol. The van der Waals surface area contributed by atoms with Crippen LogP contribution in [0.15, 0.2) is 85.3 Å². The first-order chi connectivity index (χ1) is 26.2. The van der Waals surface area contributed by atoms with Crippen molar-refractivity contribution in [2.75, 3.05) is 6.54 Å². The molecule has 15 nitrogen and oxygen atoms in total. The number of nitrogens with zero attached hydrogens (tertiary/aromatic N) is 1. The molecule has 0 fully saturated rings. The fourth-order valence-corrected chi connectivity index (χ4v) is 6.13. The van der Waals surface area contributed by atoms with Gasteiger partial charge in [-0.25, -0.2) is 4.98 Å². The zero-order valence-electron chi connectivity index (χ0n) is 31.4. The maximum Gasteiger partial charge on any atom is 0.245 e. The van der Waals surface area contributed by atoms with Crippen LogP contribution in [0, 0.1) is 0 Å². The molecule has 1 aromatic heterocycles. The Hall–Kier alpha value is -6.09. The van der Waals surface area contributed by atoms with Crippen molar-refractivity contribution in [3.05, 3.63) is 102 Å². The van der Waals surface area contributed by atoms with E-state index in [9.17, 15) is 28.8 Å². The fraction of sp³-hybridized carbons (Fsp3) is 0.375. The Morgan fingerprint density at radius 2 is 1.29 bits per heavy atom. The highest BCUT2D eigenvalue weighted by Crippen LogP contribution is 2.18. The Labute approximate surface area is 320 Å². The minimum Gasteiger partial charge on any atom is -0.368 e. The van der Waals surface area contributed by atoms with Gasteiger partial charge in [0.05, 0.1) is 6.33 Å². The molecule has 0 bridgehead atoms. The molecule has 0 radical (unpaired) electrons. The Morgan fingerprint density at radius 3 is 1.87 bits per heavy atom. The molecule has 292 valence electrons. The number of rotatable bonds is 20. The molecular weight excluding hydrogens is 702 g/mol. The Bertz CT molecular complexity index is 1930. The largest absolute Gasteiger partial charge is 0.368 e. The van der Waals surface area contributed by atoms with Crippen LogP contribution in [0.25, 0.3) is 10.8 Å². The number of aromatic nitrogens is 2. The van der Waals surface area contributed by atoms with E-state index in [4.69, 9.17) is 11.5 Å². The van der Waals surface area contributed by atoms with Gasteiger partial charge in [-0.1, -0.05) is 72.8 Å². The standard InChI is InChI=1S/C40H51N9O6/c1-25(50)49-40(2,3)39(55)48-34(22-30-23-43-24-44-30)38(54)47-33(21-27-16-17-28-13-7-8-14-29(28)19-27)37(53)46-32(20-26-11-5-4-6-12-26)36(52)45-31(35(42)51)15-9-10-18-41/h4-8,11-14,16-17,19,23-24,31-34H,9-10,15,18,20-22,41H2,1-3H3,(H2,42,51)(H,43,44)(H,45,52)(H,46,53)(H,47,54)(H,48,55)(H,49,50)/t31-,32+,33+,34-/m0/s1. The van der Waals surface area contributed by atoms with Crippen molar-refractivity contribution < 1.29 is 28.8 Å². The summed E-state index contributed by atoms with van der Waals surface area (Å²) in [5, 5.41) is 15.5. The second-order valence-electron chi connectivity index (χ2n) is 14.1. The van der Waals surface area contributed by atoms with E-state index in [1.54, 1.807) is 24.3 Å². The van der Waals surface area contributed by atoms with Crippen LogP contribution in [0.3, 0.4) is 0 Å². The first-order valence-electron chi connectivity index (χ1n) is 18.2. The number of carbonyl (C=O) groups excluding carboxylic acids is 6. The molecule has 6 amide bonds. The Kier molecular flexibility index (Phi) is 15.0. The van der Waals surface area contributed by atoms with E-state index in [1.807, 2.05) is 48.5 Å². The van der Waals surface area contributed by atoms with E-state index in [-0.39, 0.29) is 25.7 Å². The van der Waals surface area contributed by atoms with Gasteiger partial charge in [0.2, 0.25) is 35.4 Å². The van der Waals surface area contributed by atoms with Gasteiger partial charge in [-0.3, -0.25) is 28.8 Å². The van der Waals surface area contributed by atoms with Crippen molar-refractivity contribution in [1.29, 1.82) is 0 Å². The molecule has 0 saturated carbocycles. The Balaban J connectivity index is 1.66. The average Bonchev–Trinajstić information content (AvgIpc) is 3.66. The van der Waals surface area contributed by atoms with Gasteiger partial charge in [0.15, 0.2) is 0 Å². The number of fused-ring (bicyclic) bond motifs is 1. The van der Waals surface area contributed by atoms with Gasteiger partial charge in [-0.05, 0) is 61.6 Å². The third-order valence-corrected chi connectivity index (χ3v) is 9.07. The summed E-state index contributed by atoms with van der Waals surface area (Å²) in [5.41, 5.74) is 11.9. The topological polar surface area (TPSA) is 243 Å². The number of benzene rings is 3. The minimum absolute atomic E-state index is 0.0181. The number of carbonyl (C=O) groups is 6. The van der Waals surface area contributed by atoms with Crippen molar-refractivity contribution in [3.63, 3.8) is 0 Å². The van der Waals surface area contributed by atoms with Crippen LogP contribution < -0.4 is 38.1 Å². The summed E-state index contributed by atoms with van der Waals surface area (Å²) in [7, 11) is 0. The van der Waals surface area contributed by atoms with Crippen molar-refractivity contribution in [1.82, 2.24) is 36.6 Å². The summed E-state index contributed by atoms with van der Waals surface area (Å²) in [6.45, 7) is 4.70. The molecule has 4 aromatic rings. The fourth-order valence-electron chi connectivity index (χ4n) is 6.13. The van der Waals surface area contributed by atoms with E-state index in [0.717, 1.165) is 21.9 Å². The molecule has 3 aromatic carbocycles. The number of aromatic amines is 1. The van der Waals surface area contributed by atoms with Crippen LogP contribution in [0.2, 0.25) is 0 Å². The predicted octanol–water partition coefficient (Wildman–Crippen LogP) is 1.06. The van der Waals surface area contributed by atoms with Gasteiger partial charge in [0.25, 0.3) is 0 Å². The molecule has 0 aliphatic carbocycles. The van der Waals surface area contributed by atoms with E-state index < -0.39 is 65.1 Å². The number of nitrogens with two attached hydrogens (primary N) is 2. The van der Waals surface area contributed by atoms with Crippen molar-refractivity contribution in [3.8, 4) is 0 Å². The zero-order chi connectivity index (χ0) is 40.0. The van der Waals surface area contributed by atoms with Gasteiger partial charge >= 0.3 is 0 Å². The first-order valence-corrected chi connectivity index (χ1v) is 18.2. The van der Waals surface area contributed by atoms with Crippen molar-refractivity contribution >= 4 is 46.2 Å². The molecular formula is C40H51N9O6. The second-order valence-corrected chi connectivity index (χ2v) is 14.1. The van der Waals surface area contributed by atoms with Gasteiger partial charge in [0.1, 0.15) is 29.7 Å².